The van der Waals surface area contributed by atoms with E-state index in [1.165, 1.54) is 0 Å². The van der Waals surface area contributed by atoms with E-state index in [1.807, 2.05) is 0 Å². The van der Waals surface area contributed by atoms with Gasteiger partial charge in [-0.05, 0) is 6.07 Å². The number of hydrogen-bond donors (Lipinski definition) is 1. The molecule has 0 aliphatic rings. The van der Waals surface area contributed by atoms with E-state index in [2.05, 4.69) is 4.74 Å². The van der Waals surface area contributed by atoms with Gasteiger partial charge in [-0.2, -0.15) is 13.2 Å². The molecule has 0 spiro atoms. The van der Waals surface area contributed by atoms with Gasteiger partial charge in [-0.1, -0.05) is 0 Å². The first kappa shape index (κ1) is 13.7. The van der Waals surface area contributed by atoms with Crippen molar-refractivity contribution in [2.24, 2.45) is 5.73 Å². The van der Waals surface area contributed by atoms with Crippen molar-refractivity contribution < 1.29 is 26.7 Å². The van der Waals surface area contributed by atoms with Gasteiger partial charge in [-0.15, -0.1) is 0 Å². The van der Waals surface area contributed by atoms with Gasteiger partial charge < -0.3 is 10.5 Å². The lowest BCUT2D eigenvalue weighted by Crippen LogP contribution is -2.39. The van der Waals surface area contributed by atoms with Crippen LogP contribution >= 0.6 is 0 Å². The Morgan fingerprint density at radius 3 is 2.35 bits per heavy atom. The highest BCUT2D eigenvalue weighted by Gasteiger charge is 2.37. The van der Waals surface area contributed by atoms with Gasteiger partial charge in [0, 0.05) is 18.1 Å². The Kier molecular flexibility index (Phi) is 3.92. The molecule has 1 rings (SSSR count). The van der Waals surface area contributed by atoms with Crippen LogP contribution in [0.2, 0.25) is 0 Å². The van der Waals surface area contributed by atoms with Crippen LogP contribution in [-0.2, 0) is 6.42 Å². The van der Waals surface area contributed by atoms with Gasteiger partial charge >= 0.3 is 6.18 Å². The summed E-state index contributed by atoms with van der Waals surface area (Å²) in [6, 6.07) is -0.896. The van der Waals surface area contributed by atoms with E-state index in [4.69, 9.17) is 5.73 Å². The van der Waals surface area contributed by atoms with E-state index in [0.29, 0.717) is 6.07 Å². The minimum Gasteiger partial charge on any atom is -0.493 e. The summed E-state index contributed by atoms with van der Waals surface area (Å²) in [6.45, 7) is 0. The zero-order valence-corrected chi connectivity index (χ0v) is 8.81. The lowest BCUT2D eigenvalue weighted by Gasteiger charge is -2.17. The van der Waals surface area contributed by atoms with Crippen molar-refractivity contribution in [3.63, 3.8) is 0 Å². The van der Waals surface area contributed by atoms with Gasteiger partial charge in [0.15, 0.2) is 11.6 Å². The minimum absolute atomic E-state index is 0.255. The highest BCUT2D eigenvalue weighted by atomic mass is 19.4. The Hall–Kier alpha value is -1.37. The molecule has 1 aromatic rings. The van der Waals surface area contributed by atoms with Crippen LogP contribution in [0.3, 0.4) is 0 Å². The molecule has 1 atom stereocenters. The largest absolute Gasteiger partial charge is 0.493 e. The summed E-state index contributed by atoms with van der Waals surface area (Å²) in [5.74, 6) is -2.46. The highest BCUT2D eigenvalue weighted by molar-refractivity contribution is 5.36. The topological polar surface area (TPSA) is 35.2 Å². The molecule has 0 amide bonds. The molecule has 0 saturated carbocycles. The second kappa shape index (κ2) is 4.87. The van der Waals surface area contributed by atoms with Crippen molar-refractivity contribution >= 4 is 0 Å². The molecule has 7 heteroatoms. The molecule has 0 heterocycles. The maximum absolute atomic E-state index is 13.2. The summed E-state index contributed by atoms with van der Waals surface area (Å²) in [5, 5.41) is 0. The van der Waals surface area contributed by atoms with Crippen LogP contribution in [0.1, 0.15) is 5.56 Å². The first-order valence-corrected chi connectivity index (χ1v) is 4.60. The van der Waals surface area contributed by atoms with Gasteiger partial charge in [-0.3, -0.25) is 0 Å². The number of benzene rings is 1. The fourth-order valence-corrected chi connectivity index (χ4v) is 1.35. The van der Waals surface area contributed by atoms with E-state index in [9.17, 15) is 22.0 Å². The Bertz CT molecular complexity index is 404. The number of methoxy groups -OCH3 is 1. The molecule has 2 nitrogen and oxygen atoms in total. The molecule has 0 fully saturated rings. The van der Waals surface area contributed by atoms with Crippen LogP contribution < -0.4 is 10.5 Å². The molecular formula is C10H10F5NO. The third kappa shape index (κ3) is 3.29. The van der Waals surface area contributed by atoms with Crippen LogP contribution in [0.25, 0.3) is 0 Å². The predicted molar refractivity (Wildman–Crippen MR) is 50.6 cm³/mol. The molecule has 17 heavy (non-hydrogen) atoms. The number of rotatable bonds is 3. The maximum Gasteiger partial charge on any atom is 0.403 e. The fourth-order valence-electron chi connectivity index (χ4n) is 1.35. The van der Waals surface area contributed by atoms with E-state index in [-0.39, 0.29) is 5.56 Å². The SMILES string of the molecule is COc1c(F)cc(F)cc1CC(N)C(F)(F)F. The monoisotopic (exact) mass is 255 g/mol. The standard InChI is InChI=1S/C10H10F5NO/c1-17-9-5(2-6(11)4-7(9)12)3-8(16)10(13,14)15/h2,4,8H,3,16H2,1H3. The summed E-state index contributed by atoms with van der Waals surface area (Å²) in [6.07, 6.45) is -5.38. The lowest BCUT2D eigenvalue weighted by molar-refractivity contribution is -0.147. The fraction of sp³-hybridized carbons (Fsp3) is 0.400. The van der Waals surface area contributed by atoms with Crippen molar-refractivity contribution in [3.8, 4) is 5.75 Å². The van der Waals surface area contributed by atoms with Crippen LogP contribution in [0, 0.1) is 11.6 Å². The van der Waals surface area contributed by atoms with Gasteiger partial charge in [-0.25, -0.2) is 8.78 Å². The first-order valence-electron chi connectivity index (χ1n) is 4.60. The molecule has 1 aromatic carbocycles. The number of hydrogen-bond acceptors (Lipinski definition) is 2. The van der Waals surface area contributed by atoms with E-state index in [1.54, 1.807) is 0 Å². The number of nitrogens with two attached hydrogens (primary N) is 1. The highest BCUT2D eigenvalue weighted by Crippen LogP contribution is 2.28. The molecule has 0 aliphatic carbocycles. The summed E-state index contributed by atoms with van der Waals surface area (Å²) in [7, 11) is 1.08. The average Bonchev–Trinajstić information content (AvgIpc) is 2.15. The molecule has 2 N–H and O–H groups in total. The molecule has 0 aliphatic heterocycles. The molecule has 1 unspecified atom stereocenters. The summed E-state index contributed by atoms with van der Waals surface area (Å²) in [4.78, 5) is 0. The molecule has 0 bridgehead atoms. The third-order valence-corrected chi connectivity index (χ3v) is 2.15. The van der Waals surface area contributed by atoms with Crippen molar-refractivity contribution in [3.05, 3.63) is 29.3 Å². The third-order valence-electron chi connectivity index (χ3n) is 2.15. The van der Waals surface area contributed by atoms with Gasteiger partial charge in [0.1, 0.15) is 11.9 Å². The Morgan fingerprint density at radius 2 is 1.88 bits per heavy atom. The van der Waals surface area contributed by atoms with Crippen LogP contribution in [0.15, 0.2) is 12.1 Å². The van der Waals surface area contributed by atoms with E-state index in [0.717, 1.165) is 13.2 Å². The zero-order valence-electron chi connectivity index (χ0n) is 8.81. The quantitative estimate of drug-likeness (QED) is 0.842. The van der Waals surface area contributed by atoms with Crippen molar-refractivity contribution in [2.75, 3.05) is 7.11 Å². The molecule has 0 radical (unpaired) electrons. The van der Waals surface area contributed by atoms with E-state index < -0.39 is 36.0 Å². The molecule has 96 valence electrons. The number of alkyl halides is 3. The summed E-state index contributed by atoms with van der Waals surface area (Å²) < 4.78 is 67.3. The predicted octanol–water partition coefficient (Wildman–Crippen LogP) is 2.41. The number of ether oxygens (including phenoxy) is 1. The number of halogens is 5. The van der Waals surface area contributed by atoms with Crippen LogP contribution in [0.4, 0.5) is 22.0 Å². The lowest BCUT2D eigenvalue weighted by atomic mass is 10.0. The summed E-state index contributed by atoms with van der Waals surface area (Å²) >= 11 is 0. The van der Waals surface area contributed by atoms with Crippen molar-refractivity contribution in [1.82, 2.24) is 0 Å². The second-order valence-corrected chi connectivity index (χ2v) is 3.43. The maximum atomic E-state index is 13.2. The van der Waals surface area contributed by atoms with E-state index >= 15 is 0 Å². The van der Waals surface area contributed by atoms with Gasteiger partial charge in [0.05, 0.1) is 7.11 Å². The molecule has 0 aromatic heterocycles. The minimum atomic E-state index is -4.63. The second-order valence-electron chi connectivity index (χ2n) is 3.43. The van der Waals surface area contributed by atoms with Gasteiger partial charge in [0.2, 0.25) is 0 Å². The van der Waals surface area contributed by atoms with Crippen LogP contribution in [-0.4, -0.2) is 19.3 Å². The smallest absolute Gasteiger partial charge is 0.403 e. The first-order chi connectivity index (χ1) is 7.75. The summed E-state index contributed by atoms with van der Waals surface area (Å²) in [5.41, 5.74) is 4.63. The van der Waals surface area contributed by atoms with Gasteiger partial charge in [0.25, 0.3) is 0 Å². The Labute approximate surface area is 94.2 Å². The molecule has 0 saturated heterocycles. The zero-order chi connectivity index (χ0) is 13.2. The molecular weight excluding hydrogens is 245 g/mol. The van der Waals surface area contributed by atoms with Crippen LogP contribution in [0.5, 0.6) is 5.75 Å². The Morgan fingerprint density at radius 1 is 1.29 bits per heavy atom. The normalized spacial score (nSPS) is 13.6. The van der Waals surface area contributed by atoms with Crippen molar-refractivity contribution in [2.45, 2.75) is 18.6 Å². The average molecular weight is 255 g/mol. The Balaban J connectivity index is 3.05. The van der Waals surface area contributed by atoms with Crippen molar-refractivity contribution in [1.29, 1.82) is 0 Å².